The zero-order valence-corrected chi connectivity index (χ0v) is 17.7. The van der Waals surface area contributed by atoms with Gasteiger partial charge in [-0.3, -0.25) is 0 Å². The van der Waals surface area contributed by atoms with E-state index < -0.39 is 29.1 Å². The third kappa shape index (κ3) is 5.67. The lowest BCUT2D eigenvalue weighted by atomic mass is 9.83. The maximum absolute atomic E-state index is 14.5. The third-order valence-electron chi connectivity index (χ3n) is 5.36. The maximum Gasteiger partial charge on any atom is 0.430 e. The fourth-order valence-corrected chi connectivity index (χ4v) is 3.75. The van der Waals surface area contributed by atoms with E-state index in [4.69, 9.17) is 9.47 Å². The van der Waals surface area contributed by atoms with Crippen LogP contribution in [0.1, 0.15) is 63.0 Å². The number of benzene rings is 1. The monoisotopic (exact) mass is 441 g/mol. The Bertz CT molecular complexity index is 853. The third-order valence-corrected chi connectivity index (χ3v) is 5.36. The molecule has 0 amide bonds. The van der Waals surface area contributed by atoms with Crippen molar-refractivity contribution in [1.29, 1.82) is 0 Å². The first-order valence-corrected chi connectivity index (χ1v) is 10.6. The van der Waals surface area contributed by atoms with Crippen molar-refractivity contribution in [2.75, 3.05) is 13.2 Å². The molecule has 0 radical (unpaired) electrons. The Morgan fingerprint density at radius 2 is 1.74 bits per heavy atom. The van der Waals surface area contributed by atoms with Gasteiger partial charge in [-0.25, -0.2) is 9.37 Å². The van der Waals surface area contributed by atoms with Crippen LogP contribution in [0.4, 0.5) is 17.6 Å². The fourth-order valence-electron chi connectivity index (χ4n) is 3.75. The largest absolute Gasteiger partial charge is 0.491 e. The number of pyridine rings is 1. The second-order valence-corrected chi connectivity index (χ2v) is 7.57. The number of hydrogen-bond acceptors (Lipinski definition) is 4. The Morgan fingerprint density at radius 3 is 2.35 bits per heavy atom. The number of nitrogens with zero attached hydrogens (tertiary/aromatic N) is 1. The number of hydrogen-bond donors (Lipinski definition) is 0. The van der Waals surface area contributed by atoms with E-state index in [2.05, 4.69) is 16.6 Å². The van der Waals surface area contributed by atoms with Gasteiger partial charge in [0.1, 0.15) is 5.56 Å². The van der Waals surface area contributed by atoms with Crippen LogP contribution in [-0.2, 0) is 10.8 Å². The van der Waals surface area contributed by atoms with E-state index in [1.807, 2.05) is 0 Å². The van der Waals surface area contributed by atoms with Crippen LogP contribution >= 0.6 is 0 Å². The van der Waals surface area contributed by atoms with Crippen LogP contribution in [0.25, 0.3) is 0 Å². The molecule has 1 aromatic carbocycles. The van der Waals surface area contributed by atoms with E-state index in [1.54, 1.807) is 13.0 Å². The molecule has 0 unspecified atom stereocenters. The summed E-state index contributed by atoms with van der Waals surface area (Å²) in [6, 6.07) is 4.71. The first-order chi connectivity index (χ1) is 14.9. The predicted molar refractivity (Wildman–Crippen MR) is 108 cm³/mol. The summed E-state index contributed by atoms with van der Waals surface area (Å²) in [5.74, 6) is -3.72. The zero-order chi connectivity index (χ0) is 22.4. The number of aromatic nitrogens is 1. The van der Waals surface area contributed by atoms with E-state index in [9.17, 15) is 17.6 Å². The summed E-state index contributed by atoms with van der Waals surface area (Å²) in [5.41, 5.74) is -0.285. The molecule has 3 rings (SSSR count). The van der Waals surface area contributed by atoms with Crippen molar-refractivity contribution in [3.63, 3.8) is 0 Å². The van der Waals surface area contributed by atoms with Crippen molar-refractivity contribution in [2.45, 2.75) is 64.1 Å². The quantitative estimate of drug-likeness (QED) is 0.426. The van der Waals surface area contributed by atoms with E-state index in [0.29, 0.717) is 0 Å². The Hall–Kier alpha value is -2.35. The molecule has 170 valence electrons. The summed E-state index contributed by atoms with van der Waals surface area (Å²) >= 11 is 0. The lowest BCUT2D eigenvalue weighted by Gasteiger charge is -2.28. The summed E-state index contributed by atoms with van der Waals surface area (Å²) in [6.07, 6.45) is 2.43. The summed E-state index contributed by atoms with van der Waals surface area (Å²) in [7, 11) is 0. The Morgan fingerprint density at radius 1 is 1.00 bits per heavy atom. The van der Waals surface area contributed by atoms with Crippen LogP contribution in [0.2, 0.25) is 0 Å². The predicted octanol–water partition coefficient (Wildman–Crippen LogP) is 6.34. The van der Waals surface area contributed by atoms with Gasteiger partial charge in [0.15, 0.2) is 11.6 Å². The Labute approximate surface area is 179 Å². The highest BCUT2D eigenvalue weighted by Crippen LogP contribution is 2.37. The van der Waals surface area contributed by atoms with E-state index in [1.165, 1.54) is 12.3 Å². The molecule has 0 atom stereocenters. The Balaban J connectivity index is 1.65. The normalized spacial score (nSPS) is 19.3. The van der Waals surface area contributed by atoms with E-state index in [0.717, 1.165) is 56.4 Å². The van der Waals surface area contributed by atoms with Gasteiger partial charge in [0, 0.05) is 18.9 Å². The van der Waals surface area contributed by atoms with Gasteiger partial charge >= 0.3 is 6.11 Å². The molecule has 0 spiro atoms. The molecule has 31 heavy (non-hydrogen) atoms. The average Bonchev–Trinajstić information content (AvgIpc) is 2.76. The topological polar surface area (TPSA) is 40.6 Å². The van der Waals surface area contributed by atoms with Gasteiger partial charge < -0.3 is 14.2 Å². The molecule has 0 N–H and O–H groups in total. The van der Waals surface area contributed by atoms with Crippen molar-refractivity contribution >= 4 is 0 Å². The van der Waals surface area contributed by atoms with Crippen molar-refractivity contribution in [3.05, 3.63) is 53.2 Å². The fraction of sp³-hybridized carbons (Fsp3) is 0.522. The number of ether oxygens (including phenoxy) is 3. The summed E-state index contributed by atoms with van der Waals surface area (Å²) in [5, 5.41) is 0. The zero-order valence-electron chi connectivity index (χ0n) is 17.7. The molecule has 1 aromatic heterocycles. The lowest BCUT2D eigenvalue weighted by Crippen LogP contribution is -2.25. The average molecular weight is 441 g/mol. The SMILES string of the molecule is CCCOC1CCC(c2ccc(OC(F)(F)c3ccc(OCC)c(F)c3F)nc2)CC1. The van der Waals surface area contributed by atoms with E-state index in [-0.39, 0.29) is 24.5 Å². The highest BCUT2D eigenvalue weighted by molar-refractivity contribution is 5.33. The van der Waals surface area contributed by atoms with Crippen LogP contribution in [-0.4, -0.2) is 24.3 Å². The van der Waals surface area contributed by atoms with Crippen molar-refractivity contribution in [2.24, 2.45) is 0 Å². The van der Waals surface area contributed by atoms with Crippen LogP contribution in [0.5, 0.6) is 11.6 Å². The molecule has 0 saturated heterocycles. The van der Waals surface area contributed by atoms with Crippen molar-refractivity contribution in [3.8, 4) is 11.6 Å². The molecule has 0 bridgehead atoms. The van der Waals surface area contributed by atoms with Gasteiger partial charge in [0.25, 0.3) is 0 Å². The highest BCUT2D eigenvalue weighted by Gasteiger charge is 2.40. The van der Waals surface area contributed by atoms with Gasteiger partial charge in [-0.1, -0.05) is 13.0 Å². The summed E-state index contributed by atoms with van der Waals surface area (Å²) in [6.45, 7) is 4.48. The maximum atomic E-state index is 14.5. The van der Waals surface area contributed by atoms with Gasteiger partial charge in [-0.05, 0) is 62.6 Å². The minimum atomic E-state index is -4.10. The van der Waals surface area contributed by atoms with Crippen LogP contribution in [0, 0.1) is 11.6 Å². The molecule has 1 heterocycles. The van der Waals surface area contributed by atoms with Crippen LogP contribution in [0.15, 0.2) is 30.5 Å². The molecule has 1 fully saturated rings. The van der Waals surface area contributed by atoms with Gasteiger partial charge in [-0.15, -0.1) is 0 Å². The van der Waals surface area contributed by atoms with Gasteiger partial charge in [0.05, 0.1) is 12.7 Å². The Kier molecular flexibility index (Phi) is 7.75. The lowest BCUT2D eigenvalue weighted by molar-refractivity contribution is -0.189. The molecule has 1 aliphatic carbocycles. The molecule has 1 aliphatic rings. The van der Waals surface area contributed by atoms with Gasteiger partial charge in [0.2, 0.25) is 11.7 Å². The van der Waals surface area contributed by atoms with E-state index >= 15 is 0 Å². The summed E-state index contributed by atoms with van der Waals surface area (Å²) in [4.78, 5) is 3.96. The smallest absolute Gasteiger partial charge is 0.430 e. The molecule has 2 aromatic rings. The highest BCUT2D eigenvalue weighted by atomic mass is 19.3. The molecule has 1 saturated carbocycles. The van der Waals surface area contributed by atoms with Crippen LogP contribution < -0.4 is 9.47 Å². The number of halogens is 4. The minimum Gasteiger partial charge on any atom is -0.491 e. The number of alkyl halides is 2. The van der Waals surface area contributed by atoms with Crippen molar-refractivity contribution < 1.29 is 31.8 Å². The van der Waals surface area contributed by atoms with Crippen LogP contribution in [0.3, 0.4) is 0 Å². The minimum absolute atomic E-state index is 0.0757. The molecular weight excluding hydrogens is 414 g/mol. The molecule has 4 nitrogen and oxygen atoms in total. The molecular formula is C23H27F4NO3. The second-order valence-electron chi connectivity index (χ2n) is 7.57. The first kappa shape index (κ1) is 23.3. The van der Waals surface area contributed by atoms with Gasteiger partial charge in [-0.2, -0.15) is 13.2 Å². The van der Waals surface area contributed by atoms with Crippen molar-refractivity contribution in [1.82, 2.24) is 4.98 Å². The standard InChI is InChI=1S/C23H27F4NO3/c1-3-13-30-17-8-5-15(6-9-17)16-7-12-20(28-14-16)31-23(26,27)18-10-11-19(29-4-2)22(25)21(18)24/h7,10-12,14-15,17H,3-6,8-9,13H2,1-2H3. The molecule has 0 aliphatic heterocycles. The summed E-state index contributed by atoms with van der Waals surface area (Å²) < 4.78 is 72.3. The second kappa shape index (κ2) is 10.3. The number of rotatable bonds is 9. The molecule has 8 heteroatoms. The first-order valence-electron chi connectivity index (χ1n) is 10.6.